The molecule has 10 nitrogen and oxygen atoms in total. The Balaban J connectivity index is 1.55. The van der Waals surface area contributed by atoms with Gasteiger partial charge < -0.3 is 34.5 Å². The van der Waals surface area contributed by atoms with Crippen LogP contribution in [0.25, 0.3) is 0 Å². The van der Waals surface area contributed by atoms with Crippen LogP contribution >= 0.6 is 0 Å². The molecule has 3 N–H and O–H groups in total. The molecule has 42 heavy (non-hydrogen) atoms. The number of aliphatic hydroxyl groups is 1. The van der Waals surface area contributed by atoms with Gasteiger partial charge in [0.2, 0.25) is 6.79 Å². The lowest BCUT2D eigenvalue weighted by Gasteiger charge is -2.38. The summed E-state index contributed by atoms with van der Waals surface area (Å²) in [6, 6.07) is 15.5. The number of carbonyl (C=O) groups is 1. The number of nitrogens with two attached hydrogens (primary N) is 1. The number of carbonyl (C=O) groups excluding carboxylic acids is 1. The van der Waals surface area contributed by atoms with Crippen LogP contribution in [0.5, 0.6) is 28.7 Å². The van der Waals surface area contributed by atoms with Gasteiger partial charge in [-0.25, -0.2) is 0 Å². The van der Waals surface area contributed by atoms with E-state index in [0.29, 0.717) is 54.5 Å². The highest BCUT2D eigenvalue weighted by molar-refractivity contribution is 6.10. The van der Waals surface area contributed by atoms with E-state index in [2.05, 4.69) is 0 Å². The van der Waals surface area contributed by atoms with E-state index in [-0.39, 0.29) is 31.0 Å². The molecule has 0 spiro atoms. The average molecular weight is 574 g/mol. The van der Waals surface area contributed by atoms with Gasteiger partial charge in [-0.1, -0.05) is 0 Å². The maximum Gasteiger partial charge on any atom is 0.231 e. The number of anilines is 1. The molecule has 10 heteroatoms. The number of nitrogens with zero attached hydrogens (tertiary/aromatic N) is 2. The van der Waals surface area contributed by atoms with Gasteiger partial charge in [0, 0.05) is 35.3 Å². The fraction of sp³-hybridized carbons (Fsp3) is 0.375. The summed E-state index contributed by atoms with van der Waals surface area (Å²) < 4.78 is 28.2. The van der Waals surface area contributed by atoms with Crippen molar-refractivity contribution in [1.29, 1.82) is 0 Å². The first-order valence-electron chi connectivity index (χ1n) is 14.0. The summed E-state index contributed by atoms with van der Waals surface area (Å²) >= 11 is 0. The molecule has 3 atom stereocenters. The predicted molar refractivity (Wildman–Crippen MR) is 157 cm³/mol. The summed E-state index contributed by atoms with van der Waals surface area (Å²) in [7, 11) is 4.74. The molecule has 0 saturated heterocycles. The molecule has 2 heterocycles. The molecule has 1 aliphatic carbocycles. The number of fused-ring (bicyclic) bond motifs is 4. The van der Waals surface area contributed by atoms with Crippen LogP contribution in [0.4, 0.5) is 5.69 Å². The monoisotopic (exact) mass is 573 g/mol. The van der Waals surface area contributed by atoms with Crippen LogP contribution in [0.1, 0.15) is 41.0 Å². The van der Waals surface area contributed by atoms with Crippen LogP contribution < -0.4 is 34.4 Å². The maximum absolute atomic E-state index is 14.2. The van der Waals surface area contributed by atoms with Gasteiger partial charge in [0.1, 0.15) is 11.5 Å². The zero-order valence-corrected chi connectivity index (χ0v) is 24.0. The topological polar surface area (TPSA) is 125 Å². The molecule has 0 amide bonds. The first-order chi connectivity index (χ1) is 20.5. The highest BCUT2D eigenvalue weighted by Crippen LogP contribution is 2.52. The Hall–Kier alpha value is -4.28. The zero-order valence-electron chi connectivity index (χ0n) is 24.0. The highest BCUT2D eigenvalue weighted by atomic mass is 16.7. The second-order valence-electron chi connectivity index (χ2n) is 10.6. The van der Waals surface area contributed by atoms with Gasteiger partial charge in [-0.15, -0.1) is 0 Å². The Morgan fingerprint density at radius 1 is 1.05 bits per heavy atom. The summed E-state index contributed by atoms with van der Waals surface area (Å²) in [5, 5.41) is 17.3. The number of Topliss-reactive ketones (excluding diaryl/α,β-unsaturated/α-hetero) is 1. The fourth-order valence-electron chi connectivity index (χ4n) is 6.44. The van der Waals surface area contributed by atoms with Gasteiger partial charge in [-0.2, -0.15) is 5.10 Å². The van der Waals surface area contributed by atoms with Gasteiger partial charge in [0.05, 0.1) is 45.9 Å². The number of methoxy groups -OCH3 is 3. The number of hydrogen-bond acceptors (Lipinski definition) is 10. The van der Waals surface area contributed by atoms with Crippen LogP contribution in [-0.4, -0.2) is 57.8 Å². The fourth-order valence-corrected chi connectivity index (χ4v) is 6.44. The number of ketones is 1. The second kappa shape index (κ2) is 11.5. The first kappa shape index (κ1) is 27.9. The number of rotatable bonds is 10. The number of ether oxygens (including phenoxy) is 5. The van der Waals surface area contributed by atoms with Crippen molar-refractivity contribution in [2.45, 2.75) is 25.4 Å². The van der Waals surface area contributed by atoms with E-state index >= 15 is 0 Å². The number of aliphatic hydroxyl groups excluding tert-OH is 1. The SMILES string of the molecule is COc1ccc(N2C[C@@H]3C(=N2)c2cc4c(cc2[C@@H](c2cc(CO)c(OC)c(OC)c2)[C@H]3C(=O)CCCN)OCO4)cc1. The van der Waals surface area contributed by atoms with E-state index < -0.39 is 5.92 Å². The van der Waals surface area contributed by atoms with Gasteiger partial charge in [-0.05, 0) is 72.6 Å². The van der Waals surface area contributed by atoms with Crippen LogP contribution in [0.3, 0.4) is 0 Å². The molecule has 6 rings (SSSR count). The lowest BCUT2D eigenvalue weighted by Crippen LogP contribution is -2.41. The minimum absolute atomic E-state index is 0.114. The molecule has 0 saturated carbocycles. The van der Waals surface area contributed by atoms with E-state index in [0.717, 1.165) is 33.8 Å². The lowest BCUT2D eigenvalue weighted by molar-refractivity contribution is -0.124. The van der Waals surface area contributed by atoms with E-state index in [1.54, 1.807) is 21.3 Å². The Kier molecular flexibility index (Phi) is 7.66. The average Bonchev–Trinajstić information content (AvgIpc) is 3.68. The molecule has 0 radical (unpaired) electrons. The first-order valence-corrected chi connectivity index (χ1v) is 14.0. The van der Waals surface area contributed by atoms with Crippen molar-refractivity contribution < 1.29 is 33.6 Å². The van der Waals surface area contributed by atoms with Crippen molar-refractivity contribution in [3.05, 3.63) is 70.8 Å². The van der Waals surface area contributed by atoms with E-state index in [9.17, 15) is 9.90 Å². The molecule has 2 aliphatic heterocycles. The van der Waals surface area contributed by atoms with Crippen molar-refractivity contribution in [2.24, 2.45) is 22.7 Å². The molecule has 0 aromatic heterocycles. The largest absolute Gasteiger partial charge is 0.497 e. The van der Waals surface area contributed by atoms with Crippen molar-refractivity contribution >= 4 is 17.2 Å². The quantitative estimate of drug-likeness (QED) is 0.372. The molecule has 220 valence electrons. The van der Waals surface area contributed by atoms with Gasteiger partial charge in [-0.3, -0.25) is 9.80 Å². The van der Waals surface area contributed by atoms with Crippen LogP contribution in [0.15, 0.2) is 53.6 Å². The van der Waals surface area contributed by atoms with E-state index in [1.807, 2.05) is 53.5 Å². The Morgan fingerprint density at radius 2 is 1.81 bits per heavy atom. The second-order valence-corrected chi connectivity index (χ2v) is 10.6. The summed E-state index contributed by atoms with van der Waals surface area (Å²) in [4.78, 5) is 14.2. The molecule has 3 aromatic rings. The van der Waals surface area contributed by atoms with Gasteiger partial charge >= 0.3 is 0 Å². The Labute approximate surface area is 244 Å². The summed E-state index contributed by atoms with van der Waals surface area (Å²) in [5.41, 5.74) is 10.8. The van der Waals surface area contributed by atoms with Gasteiger partial charge in [0.15, 0.2) is 23.0 Å². The predicted octanol–water partition coefficient (Wildman–Crippen LogP) is 3.84. The third-order valence-electron chi connectivity index (χ3n) is 8.37. The van der Waals surface area contributed by atoms with Crippen LogP contribution in [0.2, 0.25) is 0 Å². The van der Waals surface area contributed by atoms with Crippen molar-refractivity contribution in [2.75, 3.05) is 46.2 Å². The minimum atomic E-state index is -0.448. The summed E-state index contributed by atoms with van der Waals surface area (Å²) in [6.45, 7) is 0.820. The molecule has 0 unspecified atom stereocenters. The smallest absolute Gasteiger partial charge is 0.231 e. The lowest BCUT2D eigenvalue weighted by atomic mass is 9.63. The van der Waals surface area contributed by atoms with Crippen molar-refractivity contribution in [3.8, 4) is 28.7 Å². The van der Waals surface area contributed by atoms with E-state index in [4.69, 9.17) is 34.5 Å². The van der Waals surface area contributed by atoms with Crippen molar-refractivity contribution in [1.82, 2.24) is 0 Å². The van der Waals surface area contributed by atoms with E-state index in [1.165, 1.54) is 0 Å². The highest BCUT2D eigenvalue weighted by Gasteiger charge is 2.49. The molecule has 0 fully saturated rings. The maximum atomic E-state index is 14.2. The van der Waals surface area contributed by atoms with Crippen molar-refractivity contribution in [3.63, 3.8) is 0 Å². The summed E-state index contributed by atoms with van der Waals surface area (Å²) in [6.07, 6.45) is 0.940. The molecule has 3 aromatic carbocycles. The normalized spacial score (nSPS) is 20.1. The Bertz CT molecular complexity index is 1500. The molecular weight excluding hydrogens is 538 g/mol. The zero-order chi connectivity index (χ0) is 29.4. The van der Waals surface area contributed by atoms with Gasteiger partial charge in [0.25, 0.3) is 0 Å². The third-order valence-corrected chi connectivity index (χ3v) is 8.37. The standard InChI is InChI=1S/C32H35N3O7/c1-38-21-8-6-20(7-9-21)35-15-24-30(25(37)5-4-10-33)29(18-11-19(16-36)32(40-3)28(12-18)39-2)22-13-26-27(42-17-41-26)14-23(22)31(24)34-35/h6-9,11-14,24,29-30,36H,4-5,10,15-17,33H2,1-3H3/t24-,29+,30+/m0/s1. The number of hydrogen-bond donors (Lipinski definition) is 2. The van der Waals surface area contributed by atoms with Crippen LogP contribution in [0, 0.1) is 11.8 Å². The summed E-state index contributed by atoms with van der Waals surface area (Å²) in [5.74, 6) is 2.06. The van der Waals surface area contributed by atoms with Crippen LogP contribution in [-0.2, 0) is 11.4 Å². The molecule has 0 bridgehead atoms. The Morgan fingerprint density at radius 3 is 2.48 bits per heavy atom. The third kappa shape index (κ3) is 4.70. The number of benzene rings is 3. The number of hydrazone groups is 1. The molecule has 3 aliphatic rings. The molecular formula is C32H35N3O7. The minimum Gasteiger partial charge on any atom is -0.497 e.